The average molecular weight is 792 g/mol. The van der Waals surface area contributed by atoms with Crippen LogP contribution >= 0.6 is 0 Å². The van der Waals surface area contributed by atoms with Crippen LogP contribution in [0.15, 0.2) is 73.3 Å². The van der Waals surface area contributed by atoms with Gasteiger partial charge in [0, 0.05) is 60.4 Å². The highest BCUT2D eigenvalue weighted by Gasteiger charge is 2.21. The third-order valence-electron chi connectivity index (χ3n) is 10.3. The average Bonchev–Trinajstić information content (AvgIpc) is 3.11. The van der Waals surface area contributed by atoms with Gasteiger partial charge >= 0.3 is 0 Å². The molecule has 0 aromatic carbocycles. The molecule has 0 N–H and O–H groups in total. The van der Waals surface area contributed by atoms with E-state index in [1.807, 2.05) is 24.8 Å². The van der Waals surface area contributed by atoms with Crippen LogP contribution in [0, 0.1) is 11.8 Å². The molecule has 0 atom stereocenters. The minimum Gasteiger partial charge on any atom is -0.357 e. The third-order valence-corrected chi connectivity index (χ3v) is 10.3. The Bertz CT molecular complexity index is 1690. The highest BCUT2D eigenvalue weighted by Crippen LogP contribution is 2.28. The Morgan fingerprint density at radius 3 is 1.14 bits per heavy atom. The predicted molar refractivity (Wildman–Crippen MR) is 254 cm³/mol. The van der Waals surface area contributed by atoms with Gasteiger partial charge in [0.1, 0.15) is 5.82 Å². The van der Waals surface area contributed by atoms with Gasteiger partial charge < -0.3 is 4.90 Å². The first-order valence-corrected chi connectivity index (χ1v) is 22.2. The lowest BCUT2D eigenvalue weighted by Crippen LogP contribution is -2.30. The fraction of sp³-hybridized carbons (Fsp3) is 0.623. The van der Waals surface area contributed by atoms with Crippen molar-refractivity contribution in [3.63, 3.8) is 0 Å². The summed E-state index contributed by atoms with van der Waals surface area (Å²) in [6, 6.07) is 17.4. The molecule has 58 heavy (non-hydrogen) atoms. The van der Waals surface area contributed by atoms with Gasteiger partial charge in [-0.15, -0.1) is 0 Å². The van der Waals surface area contributed by atoms with Crippen LogP contribution in [-0.4, -0.2) is 33.0 Å². The molecule has 4 aromatic heterocycles. The zero-order valence-corrected chi connectivity index (χ0v) is 40.8. The molecule has 1 saturated heterocycles. The van der Waals surface area contributed by atoms with Crippen molar-refractivity contribution < 1.29 is 0 Å². The van der Waals surface area contributed by atoms with Gasteiger partial charge in [-0.25, -0.2) is 4.98 Å². The van der Waals surface area contributed by atoms with E-state index in [1.165, 1.54) is 71.7 Å². The summed E-state index contributed by atoms with van der Waals surface area (Å²) in [7, 11) is 0. The van der Waals surface area contributed by atoms with Crippen LogP contribution in [0.2, 0.25) is 0 Å². The first kappa shape index (κ1) is 50.5. The van der Waals surface area contributed by atoms with Crippen LogP contribution in [0.5, 0.6) is 0 Å². The summed E-state index contributed by atoms with van der Waals surface area (Å²) < 4.78 is 0. The monoisotopic (exact) mass is 792 g/mol. The van der Waals surface area contributed by atoms with Crippen molar-refractivity contribution in [2.24, 2.45) is 11.8 Å². The lowest BCUT2D eigenvalue weighted by molar-refractivity contribution is 0.552. The van der Waals surface area contributed by atoms with Crippen molar-refractivity contribution >= 4 is 5.82 Å². The van der Waals surface area contributed by atoms with E-state index in [0.717, 1.165) is 18.7 Å². The molecule has 0 amide bonds. The van der Waals surface area contributed by atoms with Gasteiger partial charge in [0.05, 0.1) is 0 Å². The normalized spacial score (nSPS) is 13.8. The summed E-state index contributed by atoms with van der Waals surface area (Å²) in [5, 5.41) is 0. The Kier molecular flexibility index (Phi) is 18.8. The standard InChI is InChI=1S/C14H22N2.3C13H21N/c1-14(2,3)12-7-8-15-13(11-12)16-9-5-4-6-10-16;1-12(2,3)10-7-8-14-11(9-10)13(4,5)6;2*1-10(2)8-12-9-11(6-7-14-12)13(3,4)5/h7-8,11H,4-6,9-10H2,1-3H3;7-9H,1-6H3;2*6-7,9-10H,8H2,1-5H3. The number of aromatic nitrogens is 4. The van der Waals surface area contributed by atoms with Crippen molar-refractivity contribution in [3.8, 4) is 0 Å². The number of rotatable bonds is 5. The quantitative estimate of drug-likeness (QED) is 0.201. The Morgan fingerprint density at radius 1 is 0.431 bits per heavy atom. The van der Waals surface area contributed by atoms with Gasteiger partial charge in [-0.1, -0.05) is 132 Å². The summed E-state index contributed by atoms with van der Waals surface area (Å²) in [6.45, 7) is 44.7. The second-order valence-electron chi connectivity index (χ2n) is 22.4. The van der Waals surface area contributed by atoms with E-state index in [-0.39, 0.29) is 27.1 Å². The fourth-order valence-electron chi connectivity index (χ4n) is 6.44. The van der Waals surface area contributed by atoms with Gasteiger partial charge in [-0.05, 0) is 136 Å². The zero-order chi connectivity index (χ0) is 44.1. The molecule has 322 valence electrons. The van der Waals surface area contributed by atoms with E-state index in [9.17, 15) is 0 Å². The summed E-state index contributed by atoms with van der Waals surface area (Å²) in [5.74, 6) is 2.52. The zero-order valence-electron chi connectivity index (χ0n) is 40.8. The van der Waals surface area contributed by atoms with E-state index in [0.29, 0.717) is 11.8 Å². The molecular weight excluding hydrogens is 707 g/mol. The van der Waals surface area contributed by atoms with Crippen LogP contribution in [0.3, 0.4) is 0 Å². The summed E-state index contributed by atoms with van der Waals surface area (Å²) in [5.41, 5.74) is 10.1. The van der Waals surface area contributed by atoms with E-state index < -0.39 is 0 Å². The van der Waals surface area contributed by atoms with Crippen molar-refractivity contribution in [1.29, 1.82) is 0 Å². The maximum Gasteiger partial charge on any atom is 0.128 e. The van der Waals surface area contributed by atoms with E-state index in [4.69, 9.17) is 0 Å². The van der Waals surface area contributed by atoms with Crippen molar-refractivity contribution in [2.45, 2.75) is 191 Å². The van der Waals surface area contributed by atoms with Gasteiger partial charge in [-0.3, -0.25) is 15.0 Å². The van der Waals surface area contributed by atoms with Crippen LogP contribution in [0.25, 0.3) is 0 Å². The predicted octanol–water partition coefficient (Wildman–Crippen LogP) is 14.2. The Labute approximate surface area is 357 Å². The summed E-state index contributed by atoms with van der Waals surface area (Å²) in [4.78, 5) is 20.1. The van der Waals surface area contributed by atoms with Crippen LogP contribution in [-0.2, 0) is 39.9 Å². The fourth-order valence-corrected chi connectivity index (χ4v) is 6.44. The second-order valence-corrected chi connectivity index (χ2v) is 22.4. The number of hydrogen-bond acceptors (Lipinski definition) is 5. The molecule has 1 fully saturated rings. The molecule has 5 rings (SSSR count). The highest BCUT2D eigenvalue weighted by atomic mass is 15.2. The van der Waals surface area contributed by atoms with E-state index in [2.05, 4.69) is 205 Å². The maximum atomic E-state index is 4.50. The van der Waals surface area contributed by atoms with Gasteiger partial charge in [0.25, 0.3) is 0 Å². The van der Waals surface area contributed by atoms with Gasteiger partial charge in [-0.2, -0.15) is 0 Å². The molecule has 1 aliphatic rings. The highest BCUT2D eigenvalue weighted by molar-refractivity contribution is 5.43. The molecular formula is C53H85N5. The number of hydrogen-bond donors (Lipinski definition) is 0. The SMILES string of the molecule is CC(C)(C)c1ccnc(C(C)(C)C)c1.CC(C)(C)c1ccnc(N2CCCCC2)c1.CC(C)Cc1cc(C(C)(C)C)ccn1.CC(C)Cc1cc(C(C)(C)C)ccn1. The van der Waals surface area contributed by atoms with Gasteiger partial charge in [0.2, 0.25) is 0 Å². The largest absolute Gasteiger partial charge is 0.357 e. The molecule has 5 nitrogen and oxygen atoms in total. The molecule has 5 heterocycles. The lowest BCUT2D eigenvalue weighted by atomic mass is 9.84. The summed E-state index contributed by atoms with van der Waals surface area (Å²) >= 11 is 0. The van der Waals surface area contributed by atoms with Crippen LogP contribution in [0.1, 0.15) is 190 Å². The first-order valence-electron chi connectivity index (χ1n) is 22.2. The molecule has 1 aliphatic heterocycles. The Balaban J connectivity index is 0.000000267. The molecule has 4 aromatic rings. The number of piperidine rings is 1. The molecule has 0 spiro atoms. The Morgan fingerprint density at radius 2 is 0.776 bits per heavy atom. The van der Waals surface area contributed by atoms with Crippen molar-refractivity contribution in [2.75, 3.05) is 18.0 Å². The smallest absolute Gasteiger partial charge is 0.128 e. The first-order chi connectivity index (χ1) is 26.6. The van der Waals surface area contributed by atoms with Crippen molar-refractivity contribution in [3.05, 3.63) is 113 Å². The van der Waals surface area contributed by atoms with Crippen molar-refractivity contribution in [1.82, 2.24) is 19.9 Å². The summed E-state index contributed by atoms with van der Waals surface area (Å²) in [6.07, 6.45) is 13.9. The maximum absolute atomic E-state index is 4.50. The number of nitrogens with zero attached hydrogens (tertiary/aromatic N) is 5. The number of pyridine rings is 4. The van der Waals surface area contributed by atoms with Crippen LogP contribution in [0.4, 0.5) is 5.82 Å². The molecule has 0 unspecified atom stereocenters. The molecule has 0 bridgehead atoms. The second kappa shape index (κ2) is 21.6. The minimum atomic E-state index is 0.140. The Hall–Kier alpha value is -3.60. The minimum absolute atomic E-state index is 0.140. The lowest BCUT2D eigenvalue weighted by Gasteiger charge is -2.29. The molecule has 0 radical (unpaired) electrons. The van der Waals surface area contributed by atoms with E-state index in [1.54, 1.807) is 0 Å². The van der Waals surface area contributed by atoms with Crippen LogP contribution < -0.4 is 4.90 Å². The molecule has 5 heteroatoms. The third kappa shape index (κ3) is 18.5. The molecule has 0 saturated carbocycles. The topological polar surface area (TPSA) is 54.8 Å². The van der Waals surface area contributed by atoms with Gasteiger partial charge in [0.15, 0.2) is 0 Å². The van der Waals surface area contributed by atoms with E-state index >= 15 is 0 Å². The number of anilines is 1. The molecule has 0 aliphatic carbocycles.